The van der Waals surface area contributed by atoms with Crippen molar-refractivity contribution < 1.29 is 18.3 Å². The number of nitrogens with zero attached hydrogens (tertiary/aromatic N) is 3. The number of hydrogen-bond donors (Lipinski definition) is 1. The minimum Gasteiger partial charge on any atom is -0.505 e. The van der Waals surface area contributed by atoms with Crippen LogP contribution in [-0.2, 0) is 14.8 Å². The van der Waals surface area contributed by atoms with Gasteiger partial charge in [-0.25, -0.2) is 8.42 Å². The number of hydrogen-bond acceptors (Lipinski definition) is 6. The summed E-state index contributed by atoms with van der Waals surface area (Å²) in [5, 5.41) is 20.6. The van der Waals surface area contributed by atoms with Crippen LogP contribution >= 0.6 is 15.9 Å². The molecule has 1 aliphatic heterocycles. The Morgan fingerprint density at radius 3 is 2.48 bits per heavy atom. The van der Waals surface area contributed by atoms with Crippen molar-refractivity contribution >= 4 is 37.4 Å². The first-order valence-electron chi connectivity index (χ1n) is 11.3. The van der Waals surface area contributed by atoms with Gasteiger partial charge in [-0.3, -0.25) is 9.79 Å². The Balaban J connectivity index is 2.22. The number of ketones is 1. The number of rotatable bonds is 7. The molecule has 0 saturated carbocycles. The molecule has 3 atom stereocenters. The summed E-state index contributed by atoms with van der Waals surface area (Å²) in [6.07, 6.45) is 2.98. The van der Waals surface area contributed by atoms with E-state index in [9.17, 15) is 23.6 Å². The molecule has 0 radical (unpaired) electrons. The molecule has 0 spiro atoms. The molecular weight excluding hydrogens is 506 g/mol. The number of phenols is 1. The molecular formula is C24H30BrN3O4S. The fourth-order valence-corrected chi connectivity index (χ4v) is 7.16. The van der Waals surface area contributed by atoms with Crippen LogP contribution in [0.3, 0.4) is 0 Å². The highest BCUT2D eigenvalue weighted by molar-refractivity contribution is 9.10. The van der Waals surface area contributed by atoms with Crippen molar-refractivity contribution in [1.82, 2.24) is 4.31 Å². The number of Topliss-reactive ketones (excluding diaryl/α,β-unsaturated/α-hetero) is 1. The van der Waals surface area contributed by atoms with Gasteiger partial charge in [0.1, 0.15) is 10.6 Å². The summed E-state index contributed by atoms with van der Waals surface area (Å²) >= 11 is 3.29. The molecule has 0 saturated heterocycles. The number of sulfonamides is 1. The topological polar surface area (TPSA) is 111 Å². The number of phenolic OH excluding ortho intramolecular Hbond substituents is 1. The van der Waals surface area contributed by atoms with Crippen molar-refractivity contribution in [3.8, 4) is 11.8 Å². The van der Waals surface area contributed by atoms with Gasteiger partial charge in [-0.2, -0.15) is 9.57 Å². The number of aromatic hydroxyl groups is 1. The van der Waals surface area contributed by atoms with E-state index in [4.69, 9.17) is 0 Å². The summed E-state index contributed by atoms with van der Waals surface area (Å²) in [6, 6.07) is 5.30. The van der Waals surface area contributed by atoms with Gasteiger partial charge in [0.05, 0.1) is 16.5 Å². The van der Waals surface area contributed by atoms with Crippen molar-refractivity contribution in [3.63, 3.8) is 0 Å². The first-order chi connectivity index (χ1) is 15.6. The second kappa shape index (κ2) is 10.1. The Morgan fingerprint density at radius 1 is 1.24 bits per heavy atom. The predicted molar refractivity (Wildman–Crippen MR) is 131 cm³/mol. The number of allylic oxidation sites excluding steroid dienone is 2. The second-order valence-electron chi connectivity index (χ2n) is 8.62. The fraction of sp³-hybridized carbons (Fsp3) is 0.542. The molecule has 7 nitrogen and oxygen atoms in total. The van der Waals surface area contributed by atoms with Crippen molar-refractivity contribution in [1.29, 1.82) is 5.26 Å². The Morgan fingerprint density at radius 2 is 1.91 bits per heavy atom. The lowest BCUT2D eigenvalue weighted by molar-refractivity contribution is -0.117. The van der Waals surface area contributed by atoms with Crippen LogP contribution in [-0.4, -0.2) is 42.4 Å². The fourth-order valence-electron chi connectivity index (χ4n) is 4.95. The molecule has 1 N–H and O–H groups in total. The maximum absolute atomic E-state index is 13.3. The van der Waals surface area contributed by atoms with Crippen LogP contribution in [0.25, 0.3) is 0 Å². The van der Waals surface area contributed by atoms with E-state index in [-0.39, 0.29) is 39.9 Å². The summed E-state index contributed by atoms with van der Waals surface area (Å²) in [4.78, 5) is 17.7. The monoisotopic (exact) mass is 535 g/mol. The third-order valence-corrected chi connectivity index (χ3v) is 9.21. The van der Waals surface area contributed by atoms with Crippen LogP contribution in [0.2, 0.25) is 0 Å². The second-order valence-corrected chi connectivity index (χ2v) is 11.4. The van der Waals surface area contributed by atoms with E-state index < -0.39 is 21.9 Å². The lowest BCUT2D eigenvalue weighted by Gasteiger charge is -2.35. The largest absolute Gasteiger partial charge is 0.505 e. The van der Waals surface area contributed by atoms with Crippen LogP contribution in [0.1, 0.15) is 64.9 Å². The maximum Gasteiger partial charge on any atom is 0.246 e. The quantitative estimate of drug-likeness (QED) is 0.532. The number of nitriles is 1. The van der Waals surface area contributed by atoms with Gasteiger partial charge < -0.3 is 5.11 Å². The van der Waals surface area contributed by atoms with Crippen molar-refractivity contribution in [3.05, 3.63) is 33.4 Å². The van der Waals surface area contributed by atoms with Gasteiger partial charge in [-0.05, 0) is 59.3 Å². The molecule has 1 aromatic rings. The van der Waals surface area contributed by atoms with Crippen molar-refractivity contribution in [2.45, 2.75) is 64.2 Å². The van der Waals surface area contributed by atoms with E-state index in [0.717, 1.165) is 12.8 Å². The van der Waals surface area contributed by atoms with E-state index in [2.05, 4.69) is 33.9 Å². The SMILES string of the molecule is CCCC1CC(=O)C2=C(C1)N=C(C)C(C#N)C2c1cc(Br)c(O)c(S(=O)(=O)N(CC)CC)c1. The first-order valence-corrected chi connectivity index (χ1v) is 13.6. The summed E-state index contributed by atoms with van der Waals surface area (Å²) in [5.41, 5.74) is 2.32. The van der Waals surface area contributed by atoms with Crippen LogP contribution < -0.4 is 0 Å². The summed E-state index contributed by atoms with van der Waals surface area (Å²) in [5.74, 6) is -1.53. The van der Waals surface area contributed by atoms with E-state index >= 15 is 0 Å². The van der Waals surface area contributed by atoms with Gasteiger partial charge in [0.15, 0.2) is 5.78 Å². The molecule has 3 rings (SSSR count). The van der Waals surface area contributed by atoms with Gasteiger partial charge >= 0.3 is 0 Å². The van der Waals surface area contributed by atoms with E-state index in [1.807, 2.05) is 0 Å². The lowest BCUT2D eigenvalue weighted by Crippen LogP contribution is -2.33. The van der Waals surface area contributed by atoms with Crippen molar-refractivity contribution in [2.24, 2.45) is 16.8 Å². The van der Waals surface area contributed by atoms with Gasteiger partial charge in [0.25, 0.3) is 0 Å². The van der Waals surface area contributed by atoms with Gasteiger partial charge in [-0.1, -0.05) is 27.2 Å². The zero-order chi connectivity index (χ0) is 24.5. The molecule has 1 aliphatic carbocycles. The lowest BCUT2D eigenvalue weighted by atomic mass is 9.70. The Kier molecular flexibility index (Phi) is 7.82. The smallest absolute Gasteiger partial charge is 0.246 e. The molecule has 0 aromatic heterocycles. The van der Waals surface area contributed by atoms with Crippen LogP contribution in [0.4, 0.5) is 0 Å². The summed E-state index contributed by atoms with van der Waals surface area (Å²) in [7, 11) is -3.97. The van der Waals surface area contributed by atoms with Crippen LogP contribution in [0.5, 0.6) is 5.75 Å². The Labute approximate surface area is 204 Å². The zero-order valence-electron chi connectivity index (χ0n) is 19.4. The maximum atomic E-state index is 13.3. The summed E-state index contributed by atoms with van der Waals surface area (Å²) < 4.78 is 28.0. The minimum absolute atomic E-state index is 0.0338. The van der Waals surface area contributed by atoms with Crippen LogP contribution in [0.15, 0.2) is 37.8 Å². The predicted octanol–water partition coefficient (Wildman–Crippen LogP) is 4.92. The standard InChI is InChI=1S/C24H30BrN3O4S/c1-5-8-15-9-19-23(20(29)10-15)22(17(13-26)14(4)27-19)16-11-18(25)24(30)21(12-16)33(31,32)28(6-2)7-3/h11-12,15,17,22,30H,5-10H2,1-4H3. The summed E-state index contributed by atoms with van der Waals surface area (Å²) in [6.45, 7) is 7.83. The first kappa shape index (κ1) is 25.6. The average Bonchev–Trinajstić information content (AvgIpc) is 2.75. The number of carbonyl (C=O) groups excluding carboxylic acids is 1. The average molecular weight is 536 g/mol. The molecule has 9 heteroatoms. The van der Waals surface area contributed by atoms with Crippen molar-refractivity contribution in [2.75, 3.05) is 13.1 Å². The molecule has 0 bridgehead atoms. The van der Waals surface area contributed by atoms with Gasteiger partial charge in [-0.15, -0.1) is 0 Å². The number of carbonyl (C=O) groups is 1. The number of halogens is 1. The Bertz CT molecular complexity index is 1160. The molecule has 0 amide bonds. The highest BCUT2D eigenvalue weighted by atomic mass is 79.9. The molecule has 2 aliphatic rings. The molecule has 178 valence electrons. The molecule has 1 aromatic carbocycles. The number of aliphatic imine (C=N–C) groups is 1. The van der Waals surface area contributed by atoms with E-state index in [0.29, 0.717) is 35.4 Å². The molecule has 1 heterocycles. The number of benzene rings is 1. The molecule has 33 heavy (non-hydrogen) atoms. The van der Waals surface area contributed by atoms with Crippen LogP contribution in [0, 0.1) is 23.2 Å². The minimum atomic E-state index is -3.97. The highest BCUT2D eigenvalue weighted by Gasteiger charge is 2.42. The Hall–Kier alpha value is -2.02. The highest BCUT2D eigenvalue weighted by Crippen LogP contribution is 2.47. The van der Waals surface area contributed by atoms with E-state index in [1.165, 1.54) is 10.4 Å². The normalized spacial score (nSPS) is 23.4. The zero-order valence-corrected chi connectivity index (χ0v) is 21.8. The van der Waals surface area contributed by atoms with Gasteiger partial charge in [0, 0.05) is 42.4 Å². The van der Waals surface area contributed by atoms with Gasteiger partial charge in [0.2, 0.25) is 10.0 Å². The third kappa shape index (κ3) is 4.66. The molecule has 0 fully saturated rings. The third-order valence-electron chi connectivity index (χ3n) is 6.54. The molecule has 3 unspecified atom stereocenters. The van der Waals surface area contributed by atoms with E-state index in [1.54, 1.807) is 26.8 Å².